The van der Waals surface area contributed by atoms with Gasteiger partial charge in [-0.15, -0.1) is 0 Å². The van der Waals surface area contributed by atoms with Crippen LogP contribution < -0.4 is 5.32 Å². The standard InChI is InChI=1S/C27H32FN3O4/c1-4-19(3)29-24(32)23-17-35-27(31(23)26(34)20-8-5-7-18(2)15-20)11-13-30(14-12-27)25(33)21-9-6-10-22(28)16-21/h5-10,15-16,19,23H,4,11-14,17H2,1-3H3,(H,29,32)/t19-,23+/m1/s1. The SMILES string of the molecule is CC[C@@H](C)NC(=O)[C@@H]1COC2(CCN(C(=O)c3cccc(F)c3)CC2)N1C(=O)c1cccc(C)c1. The van der Waals surface area contributed by atoms with Crippen LogP contribution in [0.5, 0.6) is 0 Å². The number of nitrogens with zero attached hydrogens (tertiary/aromatic N) is 2. The number of aryl methyl sites for hydroxylation is 1. The monoisotopic (exact) mass is 481 g/mol. The van der Waals surface area contributed by atoms with Gasteiger partial charge in [-0.1, -0.05) is 30.7 Å². The predicted octanol–water partition coefficient (Wildman–Crippen LogP) is 3.52. The first-order valence-electron chi connectivity index (χ1n) is 12.1. The summed E-state index contributed by atoms with van der Waals surface area (Å²) in [7, 11) is 0. The average molecular weight is 482 g/mol. The smallest absolute Gasteiger partial charge is 0.256 e. The van der Waals surface area contributed by atoms with E-state index in [0.717, 1.165) is 12.0 Å². The third-order valence-electron chi connectivity index (χ3n) is 6.95. The van der Waals surface area contributed by atoms with Crippen molar-refractivity contribution in [2.45, 2.75) is 57.8 Å². The van der Waals surface area contributed by atoms with Gasteiger partial charge in [0.1, 0.15) is 17.6 Å². The Morgan fingerprint density at radius 1 is 1.09 bits per heavy atom. The molecule has 8 heteroatoms. The molecule has 7 nitrogen and oxygen atoms in total. The molecule has 0 saturated carbocycles. The van der Waals surface area contributed by atoms with E-state index in [1.165, 1.54) is 18.2 Å². The number of benzene rings is 2. The second kappa shape index (κ2) is 10.2. The van der Waals surface area contributed by atoms with E-state index < -0.39 is 17.6 Å². The molecule has 2 aromatic rings. The Morgan fingerprint density at radius 3 is 2.37 bits per heavy atom. The van der Waals surface area contributed by atoms with Gasteiger partial charge in [-0.05, 0) is 50.6 Å². The molecule has 1 N–H and O–H groups in total. The summed E-state index contributed by atoms with van der Waals surface area (Å²) in [4.78, 5) is 43.1. The maximum atomic E-state index is 13.8. The van der Waals surface area contributed by atoms with Crippen LogP contribution >= 0.6 is 0 Å². The average Bonchev–Trinajstić information content (AvgIpc) is 3.22. The molecule has 0 radical (unpaired) electrons. The third kappa shape index (κ3) is 5.07. The van der Waals surface area contributed by atoms with Crippen LogP contribution in [0.3, 0.4) is 0 Å². The number of carbonyl (C=O) groups is 3. The van der Waals surface area contributed by atoms with Crippen LogP contribution in [0, 0.1) is 12.7 Å². The van der Waals surface area contributed by atoms with Crippen molar-refractivity contribution < 1.29 is 23.5 Å². The second-order valence-corrected chi connectivity index (χ2v) is 9.44. The fraction of sp³-hybridized carbons (Fsp3) is 0.444. The van der Waals surface area contributed by atoms with Crippen molar-refractivity contribution in [3.63, 3.8) is 0 Å². The van der Waals surface area contributed by atoms with Gasteiger partial charge in [-0.3, -0.25) is 19.3 Å². The van der Waals surface area contributed by atoms with Crippen molar-refractivity contribution in [1.82, 2.24) is 15.1 Å². The fourth-order valence-corrected chi connectivity index (χ4v) is 4.79. The molecule has 2 aliphatic heterocycles. The Balaban J connectivity index is 1.58. The molecular weight excluding hydrogens is 449 g/mol. The maximum absolute atomic E-state index is 13.8. The molecule has 0 unspecified atom stereocenters. The summed E-state index contributed by atoms with van der Waals surface area (Å²) in [6.07, 6.45) is 1.49. The van der Waals surface area contributed by atoms with Crippen molar-refractivity contribution >= 4 is 17.7 Å². The predicted molar refractivity (Wildman–Crippen MR) is 129 cm³/mol. The van der Waals surface area contributed by atoms with E-state index in [4.69, 9.17) is 4.74 Å². The fourth-order valence-electron chi connectivity index (χ4n) is 4.79. The van der Waals surface area contributed by atoms with Gasteiger partial charge in [-0.2, -0.15) is 0 Å². The van der Waals surface area contributed by atoms with Crippen LogP contribution in [0.1, 0.15) is 59.4 Å². The van der Waals surface area contributed by atoms with E-state index in [2.05, 4.69) is 5.32 Å². The largest absolute Gasteiger partial charge is 0.353 e. The summed E-state index contributed by atoms with van der Waals surface area (Å²) in [5.41, 5.74) is 0.735. The van der Waals surface area contributed by atoms with E-state index in [1.54, 1.807) is 28.0 Å². The van der Waals surface area contributed by atoms with Crippen molar-refractivity contribution in [2.75, 3.05) is 19.7 Å². The number of carbonyl (C=O) groups excluding carboxylic acids is 3. The first-order chi connectivity index (χ1) is 16.7. The number of piperidine rings is 1. The molecule has 2 aromatic carbocycles. The molecule has 2 aliphatic rings. The number of nitrogens with one attached hydrogen (secondary N) is 1. The van der Waals surface area contributed by atoms with Crippen LogP contribution in [0.4, 0.5) is 4.39 Å². The molecular formula is C27H32FN3O4. The van der Waals surface area contributed by atoms with Gasteiger partial charge in [0, 0.05) is 43.1 Å². The van der Waals surface area contributed by atoms with Crippen molar-refractivity contribution in [2.24, 2.45) is 0 Å². The highest BCUT2D eigenvalue weighted by molar-refractivity contribution is 5.99. The van der Waals surface area contributed by atoms with Crippen LogP contribution in [0.2, 0.25) is 0 Å². The van der Waals surface area contributed by atoms with Gasteiger partial charge < -0.3 is 15.0 Å². The lowest BCUT2D eigenvalue weighted by Gasteiger charge is -2.44. The number of halogens is 1. The molecule has 0 bridgehead atoms. The Bertz CT molecular complexity index is 1110. The summed E-state index contributed by atoms with van der Waals surface area (Å²) >= 11 is 0. The molecule has 1 spiro atoms. The van der Waals surface area contributed by atoms with Gasteiger partial charge >= 0.3 is 0 Å². The number of amides is 3. The molecule has 2 heterocycles. The molecule has 4 rings (SSSR count). The van der Waals surface area contributed by atoms with Crippen LogP contribution in [-0.2, 0) is 9.53 Å². The number of hydrogen-bond donors (Lipinski definition) is 1. The van der Waals surface area contributed by atoms with Crippen LogP contribution in [-0.4, -0.2) is 65.0 Å². The van der Waals surface area contributed by atoms with Gasteiger partial charge in [0.25, 0.3) is 11.8 Å². The van der Waals surface area contributed by atoms with Gasteiger partial charge in [0.15, 0.2) is 0 Å². The van der Waals surface area contributed by atoms with Crippen molar-refractivity contribution in [3.8, 4) is 0 Å². The number of likely N-dealkylation sites (tertiary alicyclic amines) is 1. The highest BCUT2D eigenvalue weighted by Gasteiger charge is 2.54. The minimum atomic E-state index is -0.989. The molecule has 2 atom stereocenters. The summed E-state index contributed by atoms with van der Waals surface area (Å²) < 4.78 is 19.8. The normalized spacial score (nSPS) is 20.1. The minimum Gasteiger partial charge on any atom is -0.353 e. The first-order valence-corrected chi connectivity index (χ1v) is 12.1. The summed E-state index contributed by atoms with van der Waals surface area (Å²) in [6, 6.07) is 12.1. The van der Waals surface area contributed by atoms with Crippen molar-refractivity contribution in [1.29, 1.82) is 0 Å². The number of rotatable bonds is 5. The number of ether oxygens (including phenoxy) is 1. The molecule has 2 saturated heterocycles. The highest BCUT2D eigenvalue weighted by atomic mass is 19.1. The Kier molecular flexibility index (Phi) is 7.21. The number of hydrogen-bond acceptors (Lipinski definition) is 4. The summed E-state index contributed by atoms with van der Waals surface area (Å²) in [5.74, 6) is -1.23. The second-order valence-electron chi connectivity index (χ2n) is 9.44. The Labute approximate surface area is 205 Å². The van der Waals surface area contributed by atoms with Crippen molar-refractivity contribution in [3.05, 3.63) is 71.0 Å². The molecule has 35 heavy (non-hydrogen) atoms. The zero-order chi connectivity index (χ0) is 25.2. The summed E-state index contributed by atoms with van der Waals surface area (Å²) in [6.45, 7) is 6.57. The van der Waals surface area contributed by atoms with E-state index in [9.17, 15) is 18.8 Å². The third-order valence-corrected chi connectivity index (χ3v) is 6.95. The lowest BCUT2D eigenvalue weighted by molar-refractivity contribution is -0.128. The zero-order valence-electron chi connectivity index (χ0n) is 20.4. The minimum absolute atomic E-state index is 0.0271. The van der Waals surface area contributed by atoms with E-state index in [1.807, 2.05) is 32.9 Å². The van der Waals surface area contributed by atoms with Gasteiger partial charge in [0.05, 0.1) is 6.61 Å². The molecule has 3 amide bonds. The van der Waals surface area contributed by atoms with E-state index in [-0.39, 0.29) is 35.9 Å². The molecule has 186 valence electrons. The lowest BCUT2D eigenvalue weighted by atomic mass is 9.95. The lowest BCUT2D eigenvalue weighted by Crippen LogP contribution is -2.60. The van der Waals surface area contributed by atoms with E-state index >= 15 is 0 Å². The quantitative estimate of drug-likeness (QED) is 0.709. The topological polar surface area (TPSA) is 79.0 Å². The maximum Gasteiger partial charge on any atom is 0.256 e. The van der Waals surface area contributed by atoms with E-state index in [0.29, 0.717) is 31.5 Å². The van der Waals surface area contributed by atoms with Crippen LogP contribution in [0.15, 0.2) is 48.5 Å². The first kappa shape index (κ1) is 24.9. The Hall–Kier alpha value is -3.26. The molecule has 0 aromatic heterocycles. The molecule has 0 aliphatic carbocycles. The highest BCUT2D eigenvalue weighted by Crippen LogP contribution is 2.39. The summed E-state index contributed by atoms with van der Waals surface area (Å²) in [5, 5.41) is 2.98. The Morgan fingerprint density at radius 2 is 1.74 bits per heavy atom. The van der Waals surface area contributed by atoms with Crippen LogP contribution in [0.25, 0.3) is 0 Å². The zero-order valence-corrected chi connectivity index (χ0v) is 20.4. The van der Waals surface area contributed by atoms with Gasteiger partial charge in [0.2, 0.25) is 5.91 Å². The van der Waals surface area contributed by atoms with Gasteiger partial charge in [-0.25, -0.2) is 4.39 Å². The molecule has 2 fully saturated rings.